The Bertz CT molecular complexity index is 684. The van der Waals surface area contributed by atoms with Crippen LogP contribution in [0.15, 0.2) is 34.3 Å². The number of benzene rings is 1. The Morgan fingerprint density at radius 1 is 1.16 bits per heavy atom. The highest BCUT2D eigenvalue weighted by Gasteiger charge is 2.09. The van der Waals surface area contributed by atoms with Crippen LogP contribution in [0.3, 0.4) is 0 Å². The number of para-hydroxylation sites is 1. The zero-order valence-corrected chi connectivity index (χ0v) is 10.5. The van der Waals surface area contributed by atoms with Crippen molar-refractivity contribution in [3.05, 3.63) is 30.0 Å². The summed E-state index contributed by atoms with van der Waals surface area (Å²) in [7, 11) is 0. The number of fused-ring (bicyclic) bond motifs is 1. The fraction of sp³-hybridized carbons (Fsp3) is 0.0833. The molecule has 98 valence electrons. The second kappa shape index (κ2) is 4.81. The number of nitrogens with zero attached hydrogens (tertiary/aromatic N) is 3. The summed E-state index contributed by atoms with van der Waals surface area (Å²) in [5, 5.41) is 0.810. The van der Waals surface area contributed by atoms with Crippen LogP contribution in [0, 0.1) is 6.92 Å². The van der Waals surface area contributed by atoms with E-state index in [9.17, 15) is 0 Å². The molecule has 8 N–H and O–H groups in total. The highest BCUT2D eigenvalue weighted by atomic mass is 15.1. The average Bonchev–Trinajstić information content (AvgIpc) is 2.33. The number of aryl methyl sites for hydroxylation is 1. The van der Waals surface area contributed by atoms with Crippen LogP contribution in [-0.4, -0.2) is 16.9 Å². The number of hydrogen-bond donors (Lipinski definition) is 4. The first-order valence-electron chi connectivity index (χ1n) is 5.57. The molecule has 0 saturated heterocycles. The molecule has 0 amide bonds. The predicted molar refractivity (Wildman–Crippen MR) is 78.0 cm³/mol. The first kappa shape index (κ1) is 12.6. The molecule has 7 heteroatoms. The standard InChI is InChI=1S/C12H15N7/c1-6-10(18-12(16)19-11(14)15)9(13)7-4-2-3-5-8(7)17-6/h2-5H,1H3,(H2,13,17)(H6,14,15,16,18,19). The number of pyridine rings is 1. The first-order valence-corrected chi connectivity index (χ1v) is 5.57. The van der Waals surface area contributed by atoms with Crippen molar-refractivity contribution in [2.24, 2.45) is 27.2 Å². The summed E-state index contributed by atoms with van der Waals surface area (Å²) >= 11 is 0. The highest BCUT2D eigenvalue weighted by Crippen LogP contribution is 2.32. The maximum Gasteiger partial charge on any atom is 0.223 e. The maximum absolute atomic E-state index is 6.09. The quantitative estimate of drug-likeness (QED) is 0.430. The normalized spacial score (nSPS) is 11.5. The fourth-order valence-corrected chi connectivity index (χ4v) is 1.77. The van der Waals surface area contributed by atoms with Gasteiger partial charge in [-0.05, 0) is 13.0 Å². The Kier molecular flexibility index (Phi) is 3.19. The molecule has 0 unspecified atom stereocenters. The molecule has 2 rings (SSSR count). The third-order valence-corrected chi connectivity index (χ3v) is 2.55. The van der Waals surface area contributed by atoms with Gasteiger partial charge in [0.25, 0.3) is 0 Å². The molecule has 2 aromatic rings. The summed E-state index contributed by atoms with van der Waals surface area (Å²) in [4.78, 5) is 12.2. The summed E-state index contributed by atoms with van der Waals surface area (Å²) < 4.78 is 0. The van der Waals surface area contributed by atoms with E-state index in [1.165, 1.54) is 0 Å². The molecule has 0 aliphatic heterocycles. The van der Waals surface area contributed by atoms with E-state index in [0.29, 0.717) is 17.1 Å². The summed E-state index contributed by atoms with van der Waals surface area (Å²) in [6.45, 7) is 1.80. The number of nitrogen functional groups attached to an aromatic ring is 1. The van der Waals surface area contributed by atoms with Crippen LogP contribution in [-0.2, 0) is 0 Å². The van der Waals surface area contributed by atoms with E-state index in [-0.39, 0.29) is 11.9 Å². The number of aliphatic imine (C=N–C) groups is 2. The molecular weight excluding hydrogens is 242 g/mol. The lowest BCUT2D eigenvalue weighted by Crippen LogP contribution is -2.26. The highest BCUT2D eigenvalue weighted by molar-refractivity contribution is 5.99. The van der Waals surface area contributed by atoms with Gasteiger partial charge in [0.05, 0.1) is 16.9 Å². The van der Waals surface area contributed by atoms with Gasteiger partial charge in [-0.15, -0.1) is 0 Å². The summed E-state index contributed by atoms with van der Waals surface area (Å²) in [6, 6.07) is 7.52. The van der Waals surface area contributed by atoms with E-state index < -0.39 is 0 Å². The lowest BCUT2D eigenvalue weighted by molar-refractivity contribution is 1.23. The molecule has 0 spiro atoms. The van der Waals surface area contributed by atoms with Crippen LogP contribution in [0.4, 0.5) is 11.4 Å². The van der Waals surface area contributed by atoms with Crippen LogP contribution < -0.4 is 22.9 Å². The van der Waals surface area contributed by atoms with Gasteiger partial charge in [-0.2, -0.15) is 4.99 Å². The molecule has 0 radical (unpaired) electrons. The third kappa shape index (κ3) is 2.54. The van der Waals surface area contributed by atoms with Crippen molar-refractivity contribution in [1.82, 2.24) is 4.98 Å². The molecule has 1 heterocycles. The smallest absolute Gasteiger partial charge is 0.223 e. The zero-order valence-electron chi connectivity index (χ0n) is 10.5. The zero-order chi connectivity index (χ0) is 14.0. The van der Waals surface area contributed by atoms with Gasteiger partial charge < -0.3 is 22.9 Å². The van der Waals surface area contributed by atoms with E-state index in [2.05, 4.69) is 15.0 Å². The van der Waals surface area contributed by atoms with E-state index in [1.807, 2.05) is 24.3 Å². The lowest BCUT2D eigenvalue weighted by Gasteiger charge is -2.08. The van der Waals surface area contributed by atoms with Crippen LogP contribution in [0.25, 0.3) is 10.9 Å². The van der Waals surface area contributed by atoms with Crippen LogP contribution in [0.1, 0.15) is 5.69 Å². The number of rotatable bonds is 1. The average molecular weight is 257 g/mol. The first-order chi connectivity index (χ1) is 8.99. The molecule has 0 atom stereocenters. The van der Waals surface area contributed by atoms with Crippen molar-refractivity contribution < 1.29 is 0 Å². The molecule has 0 fully saturated rings. The van der Waals surface area contributed by atoms with Crippen molar-refractivity contribution in [3.63, 3.8) is 0 Å². The van der Waals surface area contributed by atoms with Crippen molar-refractivity contribution >= 4 is 34.2 Å². The van der Waals surface area contributed by atoms with Crippen molar-refractivity contribution in [2.45, 2.75) is 6.92 Å². The topological polar surface area (TPSA) is 142 Å². The SMILES string of the molecule is Cc1nc2ccccc2c(N)c1N=C(N)N=C(N)N. The van der Waals surface area contributed by atoms with E-state index in [1.54, 1.807) is 6.92 Å². The van der Waals surface area contributed by atoms with Gasteiger partial charge in [-0.25, -0.2) is 4.99 Å². The molecule has 0 saturated carbocycles. The lowest BCUT2D eigenvalue weighted by atomic mass is 10.1. The van der Waals surface area contributed by atoms with E-state index in [0.717, 1.165) is 10.9 Å². The number of anilines is 1. The minimum Gasteiger partial charge on any atom is -0.396 e. The summed E-state index contributed by atoms with van der Waals surface area (Å²) in [5.74, 6) is -0.224. The molecule has 0 aliphatic carbocycles. The van der Waals surface area contributed by atoms with Crippen molar-refractivity contribution in [1.29, 1.82) is 0 Å². The third-order valence-electron chi connectivity index (χ3n) is 2.55. The molecular formula is C12H15N7. The van der Waals surface area contributed by atoms with Gasteiger partial charge in [-0.3, -0.25) is 4.98 Å². The Hall–Kier alpha value is -2.83. The Labute approximate surface area is 110 Å². The van der Waals surface area contributed by atoms with Gasteiger partial charge in [0, 0.05) is 5.39 Å². The molecule has 19 heavy (non-hydrogen) atoms. The minimum absolute atomic E-state index is 0.0631. The van der Waals surface area contributed by atoms with E-state index in [4.69, 9.17) is 22.9 Å². The number of nitrogens with two attached hydrogens (primary N) is 4. The predicted octanol–water partition coefficient (Wildman–Crippen LogP) is 0.345. The summed E-state index contributed by atoms with van der Waals surface area (Å²) in [6.07, 6.45) is 0. The number of aromatic nitrogens is 1. The van der Waals surface area contributed by atoms with Crippen LogP contribution >= 0.6 is 0 Å². The second-order valence-electron chi connectivity index (χ2n) is 3.98. The fourth-order valence-electron chi connectivity index (χ4n) is 1.77. The van der Waals surface area contributed by atoms with E-state index >= 15 is 0 Å². The minimum atomic E-state index is -0.161. The number of guanidine groups is 2. The van der Waals surface area contributed by atoms with Gasteiger partial charge in [0.1, 0.15) is 5.69 Å². The van der Waals surface area contributed by atoms with Gasteiger partial charge in [0.15, 0.2) is 5.96 Å². The van der Waals surface area contributed by atoms with Gasteiger partial charge in [0.2, 0.25) is 5.96 Å². The largest absolute Gasteiger partial charge is 0.396 e. The van der Waals surface area contributed by atoms with Crippen LogP contribution in [0.2, 0.25) is 0 Å². The van der Waals surface area contributed by atoms with Gasteiger partial charge >= 0.3 is 0 Å². The molecule has 0 bridgehead atoms. The Balaban J connectivity index is 2.64. The second-order valence-corrected chi connectivity index (χ2v) is 3.98. The molecule has 1 aromatic heterocycles. The van der Waals surface area contributed by atoms with Crippen LogP contribution in [0.5, 0.6) is 0 Å². The molecule has 1 aromatic carbocycles. The molecule has 7 nitrogen and oxygen atoms in total. The Morgan fingerprint density at radius 3 is 2.53 bits per heavy atom. The maximum atomic E-state index is 6.09. The van der Waals surface area contributed by atoms with Gasteiger partial charge in [-0.1, -0.05) is 18.2 Å². The summed E-state index contributed by atoms with van der Waals surface area (Å²) in [5.41, 5.74) is 24.6. The number of hydrogen-bond acceptors (Lipinski definition) is 3. The molecule has 0 aliphatic rings. The monoisotopic (exact) mass is 257 g/mol. The van der Waals surface area contributed by atoms with Crippen molar-refractivity contribution in [3.8, 4) is 0 Å². The Morgan fingerprint density at radius 2 is 1.84 bits per heavy atom. The van der Waals surface area contributed by atoms with Crippen molar-refractivity contribution in [2.75, 3.05) is 5.73 Å².